The summed E-state index contributed by atoms with van der Waals surface area (Å²) in [4.78, 5) is 38.2. The zero-order valence-corrected chi connectivity index (χ0v) is 20.3. The van der Waals surface area contributed by atoms with Gasteiger partial charge in [0.05, 0.1) is 11.3 Å². The molecular weight excluding hydrogens is 428 g/mol. The summed E-state index contributed by atoms with van der Waals surface area (Å²) >= 11 is 0. The fourth-order valence-electron chi connectivity index (χ4n) is 6.26. The maximum atomic E-state index is 14.2. The molecule has 0 heterocycles. The van der Waals surface area contributed by atoms with Crippen LogP contribution in [-0.4, -0.2) is 63.6 Å². The molecule has 0 radical (unpaired) electrons. The molecule has 0 aliphatic heterocycles. The average molecular weight is 465 g/mol. The van der Waals surface area contributed by atoms with Crippen molar-refractivity contribution in [1.82, 2.24) is 0 Å². The highest BCUT2D eigenvalue weighted by Crippen LogP contribution is 2.61. The summed E-state index contributed by atoms with van der Waals surface area (Å²) in [6.45, 7) is 9.95. The number of hydrogen-bond donors (Lipinski definition) is 3. The second-order valence-electron chi connectivity index (χ2n) is 10.6. The first kappa shape index (κ1) is 25.6. The first-order valence-corrected chi connectivity index (χ1v) is 11.6. The van der Waals surface area contributed by atoms with Crippen LogP contribution < -0.4 is 0 Å². The Morgan fingerprint density at radius 2 is 1.85 bits per heavy atom. The lowest BCUT2D eigenvalue weighted by atomic mass is 9.59. The van der Waals surface area contributed by atoms with Gasteiger partial charge in [0.1, 0.15) is 30.5 Å². The number of ether oxygens (including phenoxy) is 2. The molecule has 0 aromatic rings. The lowest BCUT2D eigenvalue weighted by Gasteiger charge is -2.48. The predicted octanol–water partition coefficient (Wildman–Crippen LogP) is 1.85. The van der Waals surface area contributed by atoms with Crippen LogP contribution in [0.1, 0.15) is 60.8 Å². The van der Waals surface area contributed by atoms with Crippen LogP contribution in [0.2, 0.25) is 0 Å². The molecule has 33 heavy (non-hydrogen) atoms. The molecule has 8 nitrogen and oxygen atoms in total. The topological polar surface area (TPSA) is 130 Å². The van der Waals surface area contributed by atoms with E-state index in [0.29, 0.717) is 18.4 Å². The van der Waals surface area contributed by atoms with Crippen molar-refractivity contribution in [3.63, 3.8) is 0 Å². The summed E-state index contributed by atoms with van der Waals surface area (Å²) in [6, 6.07) is 0. The van der Waals surface area contributed by atoms with Crippen LogP contribution in [0.4, 0.5) is 0 Å². The molecule has 0 aromatic carbocycles. The fourth-order valence-corrected chi connectivity index (χ4v) is 6.26. The monoisotopic (exact) mass is 464 g/mol. The molecule has 3 aliphatic carbocycles. The first-order chi connectivity index (χ1) is 15.2. The highest BCUT2D eigenvalue weighted by molar-refractivity contribution is 5.95. The van der Waals surface area contributed by atoms with Gasteiger partial charge in [-0.15, -0.1) is 0 Å². The number of Topliss-reactive ketones (excluding diaryl/α,β-unsaturated/α-hetero) is 1. The molecule has 3 rings (SSSR count). The molecule has 3 aliphatic rings. The van der Waals surface area contributed by atoms with Crippen molar-refractivity contribution in [2.75, 3.05) is 6.61 Å². The summed E-state index contributed by atoms with van der Waals surface area (Å²) in [5.74, 6) is -2.96. The van der Waals surface area contributed by atoms with Gasteiger partial charge in [0.2, 0.25) is 0 Å². The van der Waals surface area contributed by atoms with Crippen LogP contribution in [0.5, 0.6) is 0 Å². The Kier molecular flexibility index (Phi) is 6.70. The third-order valence-corrected chi connectivity index (χ3v) is 7.69. The molecule has 0 unspecified atom stereocenters. The molecular formula is C25H36O8. The maximum absolute atomic E-state index is 14.2. The molecule has 0 saturated heterocycles. The van der Waals surface area contributed by atoms with Gasteiger partial charge in [-0.25, -0.2) is 0 Å². The fraction of sp³-hybridized carbons (Fsp3) is 0.720. The number of carbonyl (C=O) groups is 3. The minimum absolute atomic E-state index is 0.103. The minimum Gasteiger partial charge on any atom is -0.461 e. The van der Waals surface area contributed by atoms with Crippen molar-refractivity contribution in [1.29, 1.82) is 0 Å². The Hall–Kier alpha value is -2.03. The van der Waals surface area contributed by atoms with Crippen LogP contribution in [0.15, 0.2) is 23.3 Å². The highest BCUT2D eigenvalue weighted by Gasteiger charge is 2.72. The predicted molar refractivity (Wildman–Crippen MR) is 119 cm³/mol. The number of esters is 2. The second kappa shape index (κ2) is 8.64. The number of fused-ring (bicyclic) bond motifs is 1. The van der Waals surface area contributed by atoms with Gasteiger partial charge in [0.25, 0.3) is 0 Å². The van der Waals surface area contributed by atoms with Crippen LogP contribution in [0.3, 0.4) is 0 Å². The summed E-state index contributed by atoms with van der Waals surface area (Å²) in [5, 5.41) is 34.4. The molecule has 1 fully saturated rings. The van der Waals surface area contributed by atoms with Gasteiger partial charge >= 0.3 is 11.9 Å². The van der Waals surface area contributed by atoms with E-state index in [9.17, 15) is 29.7 Å². The smallest absolute Gasteiger partial charge is 0.306 e. The van der Waals surface area contributed by atoms with Gasteiger partial charge in [-0.2, -0.15) is 0 Å². The number of ketones is 1. The van der Waals surface area contributed by atoms with E-state index in [4.69, 9.17) is 9.47 Å². The van der Waals surface area contributed by atoms with Gasteiger partial charge in [-0.3, -0.25) is 14.4 Å². The number of carbonyl (C=O) groups excluding carboxylic acids is 3. The van der Waals surface area contributed by atoms with Gasteiger partial charge in [0.15, 0.2) is 5.78 Å². The Bertz CT molecular complexity index is 902. The average Bonchev–Trinajstić information content (AvgIpc) is 2.86. The lowest BCUT2D eigenvalue weighted by molar-refractivity contribution is -0.190. The van der Waals surface area contributed by atoms with E-state index < -0.39 is 64.3 Å². The molecule has 0 amide bonds. The summed E-state index contributed by atoms with van der Waals surface area (Å²) in [6.07, 6.45) is 0.159. The number of aliphatic hydroxyl groups excluding tert-OH is 2. The van der Waals surface area contributed by atoms with E-state index in [1.165, 1.54) is 13.0 Å². The molecule has 8 heteroatoms. The molecule has 184 valence electrons. The summed E-state index contributed by atoms with van der Waals surface area (Å²) in [7, 11) is 0. The largest absolute Gasteiger partial charge is 0.461 e. The van der Waals surface area contributed by atoms with E-state index in [0.717, 1.165) is 0 Å². The van der Waals surface area contributed by atoms with Crippen molar-refractivity contribution in [3.8, 4) is 0 Å². The Morgan fingerprint density at radius 1 is 1.21 bits per heavy atom. The summed E-state index contributed by atoms with van der Waals surface area (Å²) < 4.78 is 11.0. The standard InChI is InChI=1S/C25H36O8/c1-7-8-18(27)32-12-16-9-17-21(30)24(10-13(2)19(28)25(24,31)20(16)29)14(3)11-23(5,6)22(17)33-15(4)26/h9-10,14,17,19-20,22,28-29,31H,7-8,11-12H2,1-6H3/t14-,17-,19+,20-,22-,24+,25-/m1/s1. The summed E-state index contributed by atoms with van der Waals surface area (Å²) in [5.41, 5.74) is -4.05. The lowest BCUT2D eigenvalue weighted by Crippen LogP contribution is -2.65. The van der Waals surface area contributed by atoms with E-state index in [1.807, 2.05) is 20.8 Å². The van der Waals surface area contributed by atoms with E-state index in [1.54, 1.807) is 19.9 Å². The molecule has 1 spiro atoms. The van der Waals surface area contributed by atoms with E-state index in [-0.39, 0.29) is 18.6 Å². The third kappa shape index (κ3) is 3.76. The molecule has 2 bridgehead atoms. The van der Waals surface area contributed by atoms with Crippen molar-refractivity contribution in [2.24, 2.45) is 22.7 Å². The zero-order chi connectivity index (χ0) is 24.9. The molecule has 1 saturated carbocycles. The van der Waals surface area contributed by atoms with Crippen molar-refractivity contribution in [2.45, 2.75) is 84.7 Å². The zero-order valence-electron chi connectivity index (χ0n) is 20.3. The molecule has 0 aromatic heterocycles. The van der Waals surface area contributed by atoms with E-state index in [2.05, 4.69) is 0 Å². The van der Waals surface area contributed by atoms with Crippen LogP contribution in [0, 0.1) is 22.7 Å². The van der Waals surface area contributed by atoms with Crippen LogP contribution >= 0.6 is 0 Å². The van der Waals surface area contributed by atoms with Crippen molar-refractivity contribution < 1.29 is 39.2 Å². The van der Waals surface area contributed by atoms with Crippen LogP contribution in [-0.2, 0) is 23.9 Å². The number of rotatable bonds is 5. The van der Waals surface area contributed by atoms with Crippen molar-refractivity contribution in [3.05, 3.63) is 23.3 Å². The van der Waals surface area contributed by atoms with Gasteiger partial charge in [0, 0.05) is 18.8 Å². The van der Waals surface area contributed by atoms with Crippen molar-refractivity contribution >= 4 is 17.7 Å². The third-order valence-electron chi connectivity index (χ3n) is 7.69. The van der Waals surface area contributed by atoms with Gasteiger partial charge in [-0.1, -0.05) is 39.8 Å². The minimum atomic E-state index is -2.26. The normalized spacial score (nSPS) is 39.5. The van der Waals surface area contributed by atoms with E-state index >= 15 is 0 Å². The van der Waals surface area contributed by atoms with Crippen LogP contribution in [0.25, 0.3) is 0 Å². The number of hydrogen-bond acceptors (Lipinski definition) is 8. The quantitative estimate of drug-likeness (QED) is 0.415. The first-order valence-electron chi connectivity index (χ1n) is 11.6. The second-order valence-corrected chi connectivity index (χ2v) is 10.6. The molecule has 3 N–H and O–H groups in total. The van der Waals surface area contributed by atoms with Gasteiger partial charge < -0.3 is 24.8 Å². The van der Waals surface area contributed by atoms with Gasteiger partial charge in [-0.05, 0) is 36.8 Å². The Balaban J connectivity index is 2.24. The Labute approximate surface area is 194 Å². The number of aliphatic hydroxyl groups is 3. The Morgan fingerprint density at radius 3 is 2.42 bits per heavy atom. The maximum Gasteiger partial charge on any atom is 0.306 e. The SMILES string of the molecule is CCCC(=O)OCC1=C[C@@H]2C(=O)[C@]3(C=C(C)[C@H](O)[C@@]3(O)[C@@H]1O)[C@H](C)CC(C)(C)[C@@H]2OC(C)=O. The molecule has 7 atom stereocenters. The highest BCUT2D eigenvalue weighted by atomic mass is 16.5.